The summed E-state index contributed by atoms with van der Waals surface area (Å²) < 4.78 is 5.74. The quantitative estimate of drug-likeness (QED) is 0.306. The summed E-state index contributed by atoms with van der Waals surface area (Å²) in [5.74, 6) is -0.0882. The van der Waals surface area contributed by atoms with Gasteiger partial charge in [-0.25, -0.2) is 0 Å². The number of rotatable bonds is 12. The molecule has 0 fully saturated rings. The molecule has 0 bridgehead atoms. The fourth-order valence-corrected chi connectivity index (χ4v) is 3.95. The minimum atomic E-state index is -0.715. The van der Waals surface area contributed by atoms with Gasteiger partial charge in [-0.15, -0.1) is 0 Å². The van der Waals surface area contributed by atoms with Gasteiger partial charge in [-0.1, -0.05) is 91.1 Å². The molecule has 0 saturated heterocycles. The SMILES string of the molecule is CCCCNC(=O)[C@@H](Cc1ccccc1)N(Cc1ccc(Cl)cc1)C(=O)COc1ccccc1Cl. The van der Waals surface area contributed by atoms with E-state index >= 15 is 0 Å². The van der Waals surface area contributed by atoms with E-state index in [1.54, 1.807) is 41.3 Å². The van der Waals surface area contributed by atoms with E-state index in [0.29, 0.717) is 28.8 Å². The van der Waals surface area contributed by atoms with E-state index in [9.17, 15) is 9.59 Å². The van der Waals surface area contributed by atoms with Crippen LogP contribution in [0.2, 0.25) is 10.0 Å². The Bertz CT molecular complexity index is 1090. The second kappa shape index (κ2) is 13.8. The summed E-state index contributed by atoms with van der Waals surface area (Å²) in [4.78, 5) is 28.4. The molecule has 3 rings (SSSR count). The highest BCUT2D eigenvalue weighted by molar-refractivity contribution is 6.32. The number of nitrogens with one attached hydrogen (secondary N) is 1. The molecule has 0 radical (unpaired) electrons. The molecule has 0 aliphatic heterocycles. The molecule has 5 nitrogen and oxygen atoms in total. The third-order valence-corrected chi connectivity index (χ3v) is 6.12. The molecule has 0 heterocycles. The zero-order valence-electron chi connectivity index (χ0n) is 19.8. The van der Waals surface area contributed by atoms with Crippen molar-refractivity contribution in [2.24, 2.45) is 0 Å². The van der Waals surface area contributed by atoms with Crippen molar-refractivity contribution in [2.75, 3.05) is 13.2 Å². The molecule has 1 atom stereocenters. The van der Waals surface area contributed by atoms with E-state index < -0.39 is 6.04 Å². The summed E-state index contributed by atoms with van der Waals surface area (Å²) in [7, 11) is 0. The minimum absolute atomic E-state index is 0.192. The standard InChI is InChI=1S/C28H30Cl2N2O3/c1-2-3-17-31-28(34)25(18-21-9-5-4-6-10-21)32(19-22-13-15-23(29)16-14-22)27(33)20-35-26-12-8-7-11-24(26)30/h4-16,25H,2-3,17-20H2,1H3,(H,31,34)/t25-/m1/s1. The van der Waals surface area contributed by atoms with Crippen molar-refractivity contribution in [1.82, 2.24) is 10.2 Å². The van der Waals surface area contributed by atoms with Gasteiger partial charge in [-0.2, -0.15) is 0 Å². The molecule has 2 amide bonds. The van der Waals surface area contributed by atoms with Crippen LogP contribution in [0.1, 0.15) is 30.9 Å². The number of amides is 2. The fourth-order valence-electron chi connectivity index (χ4n) is 3.63. The van der Waals surface area contributed by atoms with E-state index in [1.165, 1.54) is 0 Å². The Labute approximate surface area is 217 Å². The smallest absolute Gasteiger partial charge is 0.261 e. The molecule has 184 valence electrons. The van der Waals surface area contributed by atoms with Gasteiger partial charge in [0.15, 0.2) is 6.61 Å². The highest BCUT2D eigenvalue weighted by Gasteiger charge is 2.30. The summed E-state index contributed by atoms with van der Waals surface area (Å²) in [5.41, 5.74) is 1.82. The molecule has 1 N–H and O–H groups in total. The first kappa shape index (κ1) is 26.6. The van der Waals surface area contributed by atoms with Crippen LogP contribution in [0.4, 0.5) is 0 Å². The molecule has 3 aromatic carbocycles. The predicted molar refractivity (Wildman–Crippen MR) is 141 cm³/mol. The monoisotopic (exact) mass is 512 g/mol. The molecule has 0 unspecified atom stereocenters. The Morgan fingerprint density at radius 2 is 1.60 bits per heavy atom. The normalized spacial score (nSPS) is 11.5. The number of hydrogen-bond acceptors (Lipinski definition) is 3. The van der Waals surface area contributed by atoms with Crippen molar-refractivity contribution in [1.29, 1.82) is 0 Å². The average Bonchev–Trinajstić information content (AvgIpc) is 2.87. The van der Waals surface area contributed by atoms with Gasteiger partial charge in [0.2, 0.25) is 5.91 Å². The number of nitrogens with zero attached hydrogens (tertiary/aromatic N) is 1. The highest BCUT2D eigenvalue weighted by atomic mass is 35.5. The van der Waals surface area contributed by atoms with Crippen LogP contribution < -0.4 is 10.1 Å². The van der Waals surface area contributed by atoms with Gasteiger partial charge in [0.05, 0.1) is 5.02 Å². The van der Waals surface area contributed by atoms with Crippen molar-refractivity contribution in [3.05, 3.63) is 100 Å². The lowest BCUT2D eigenvalue weighted by molar-refractivity contribution is -0.142. The van der Waals surface area contributed by atoms with Crippen molar-refractivity contribution in [3.63, 3.8) is 0 Å². The van der Waals surface area contributed by atoms with Gasteiger partial charge in [0, 0.05) is 24.5 Å². The Hall–Kier alpha value is -3.02. The first-order valence-corrected chi connectivity index (χ1v) is 12.5. The van der Waals surface area contributed by atoms with Crippen LogP contribution in [-0.2, 0) is 22.6 Å². The van der Waals surface area contributed by atoms with Gasteiger partial charge >= 0.3 is 0 Å². The largest absolute Gasteiger partial charge is 0.482 e. The van der Waals surface area contributed by atoms with Crippen molar-refractivity contribution >= 4 is 35.0 Å². The Balaban J connectivity index is 1.88. The summed E-state index contributed by atoms with van der Waals surface area (Å²) in [6.07, 6.45) is 2.21. The molecule has 0 aliphatic carbocycles. The van der Waals surface area contributed by atoms with Crippen LogP contribution >= 0.6 is 23.2 Å². The van der Waals surface area contributed by atoms with Crippen LogP contribution in [0.3, 0.4) is 0 Å². The Kier molecular flexibility index (Phi) is 10.5. The van der Waals surface area contributed by atoms with Crippen LogP contribution in [0.25, 0.3) is 0 Å². The topological polar surface area (TPSA) is 58.6 Å². The maximum Gasteiger partial charge on any atom is 0.261 e. The lowest BCUT2D eigenvalue weighted by Crippen LogP contribution is -2.51. The fraction of sp³-hybridized carbons (Fsp3) is 0.286. The number of benzene rings is 3. The van der Waals surface area contributed by atoms with E-state index in [-0.39, 0.29) is 25.0 Å². The number of halogens is 2. The summed E-state index contributed by atoms with van der Waals surface area (Å²) in [5, 5.41) is 4.02. The number of carbonyl (C=O) groups is 2. The number of ether oxygens (including phenoxy) is 1. The van der Waals surface area contributed by atoms with Crippen LogP contribution in [0.15, 0.2) is 78.9 Å². The third-order valence-electron chi connectivity index (χ3n) is 5.55. The molecule has 35 heavy (non-hydrogen) atoms. The third kappa shape index (κ3) is 8.30. The predicted octanol–water partition coefficient (Wildman–Crippen LogP) is 5.93. The van der Waals surface area contributed by atoms with Crippen LogP contribution in [0, 0.1) is 0 Å². The number of para-hydroxylation sites is 1. The van der Waals surface area contributed by atoms with E-state index in [1.807, 2.05) is 42.5 Å². The van der Waals surface area contributed by atoms with Gasteiger partial charge in [0.1, 0.15) is 11.8 Å². The van der Waals surface area contributed by atoms with Gasteiger partial charge < -0.3 is 15.0 Å². The number of hydrogen-bond donors (Lipinski definition) is 1. The van der Waals surface area contributed by atoms with Gasteiger partial charge in [-0.3, -0.25) is 9.59 Å². The number of carbonyl (C=O) groups excluding carboxylic acids is 2. The zero-order valence-corrected chi connectivity index (χ0v) is 21.3. The molecule has 7 heteroatoms. The molecular weight excluding hydrogens is 483 g/mol. The minimum Gasteiger partial charge on any atom is -0.482 e. The zero-order chi connectivity index (χ0) is 25.0. The summed E-state index contributed by atoms with van der Waals surface area (Å²) in [6.45, 7) is 2.61. The van der Waals surface area contributed by atoms with Crippen LogP contribution in [-0.4, -0.2) is 35.9 Å². The van der Waals surface area contributed by atoms with E-state index in [0.717, 1.165) is 24.0 Å². The summed E-state index contributed by atoms with van der Waals surface area (Å²) in [6, 6.07) is 23.2. The molecule has 0 aliphatic rings. The van der Waals surface area contributed by atoms with E-state index in [2.05, 4.69) is 12.2 Å². The summed E-state index contributed by atoms with van der Waals surface area (Å²) >= 11 is 12.3. The highest BCUT2D eigenvalue weighted by Crippen LogP contribution is 2.23. The van der Waals surface area contributed by atoms with Crippen molar-refractivity contribution in [3.8, 4) is 5.75 Å². The lowest BCUT2D eigenvalue weighted by Gasteiger charge is -2.31. The second-order valence-electron chi connectivity index (χ2n) is 8.22. The molecule has 0 spiro atoms. The van der Waals surface area contributed by atoms with Crippen molar-refractivity contribution in [2.45, 2.75) is 38.8 Å². The lowest BCUT2D eigenvalue weighted by atomic mass is 10.0. The number of unbranched alkanes of at least 4 members (excludes halogenated alkanes) is 1. The molecule has 0 saturated carbocycles. The average molecular weight is 513 g/mol. The van der Waals surface area contributed by atoms with Crippen LogP contribution in [0.5, 0.6) is 5.75 Å². The maximum absolute atomic E-state index is 13.5. The first-order chi connectivity index (χ1) is 17.0. The van der Waals surface area contributed by atoms with Gasteiger partial charge in [-0.05, 0) is 41.8 Å². The second-order valence-corrected chi connectivity index (χ2v) is 9.06. The molecule has 0 aromatic heterocycles. The Morgan fingerprint density at radius 1 is 0.914 bits per heavy atom. The Morgan fingerprint density at radius 3 is 2.29 bits per heavy atom. The van der Waals surface area contributed by atoms with E-state index in [4.69, 9.17) is 27.9 Å². The molecular formula is C28H30Cl2N2O3. The van der Waals surface area contributed by atoms with Crippen molar-refractivity contribution < 1.29 is 14.3 Å². The molecule has 3 aromatic rings. The maximum atomic E-state index is 13.5. The first-order valence-electron chi connectivity index (χ1n) is 11.7. The van der Waals surface area contributed by atoms with Gasteiger partial charge in [0.25, 0.3) is 5.91 Å².